The fourth-order valence-electron chi connectivity index (χ4n) is 11.4. The lowest BCUT2D eigenvalue weighted by atomic mass is 9.67. The number of benzene rings is 10. The summed E-state index contributed by atoms with van der Waals surface area (Å²) < 4.78 is 2.43. The molecular weight excluding hydrogens is 773 g/mol. The number of hydrogen-bond donors (Lipinski definition) is 0. The summed E-state index contributed by atoms with van der Waals surface area (Å²) in [6, 6.07) is 85.2. The van der Waals surface area contributed by atoms with E-state index in [2.05, 4.69) is 235 Å². The van der Waals surface area contributed by atoms with Crippen molar-refractivity contribution in [3.8, 4) is 61.5 Å². The standard InChI is InChI=1S/C62H38N2/c1-3-14-44(15-4-1)62(45-16-5-2-6-17-45)55-23-11-9-20-49(55)50-32-29-42(37-56(50)62)41-30-33-60-53(36-41)51-21-10-12-25-59(51)64(60)46-31-28-39-34-43(27-26-40(39)35-46)58-38-54-48-19-8-7-18-47(48)52-22-13-24-57(63-58)61(52)54/h1-38H. The number of rotatable bonds is 5. The topological polar surface area (TPSA) is 17.8 Å². The Hall–Kier alpha value is -8.33. The third-order valence-electron chi connectivity index (χ3n) is 14.2. The number of fused-ring (bicyclic) bond motifs is 10. The minimum absolute atomic E-state index is 0.444. The van der Waals surface area contributed by atoms with Crippen LogP contribution < -0.4 is 0 Å². The Bertz CT molecular complexity index is 3850. The zero-order chi connectivity index (χ0) is 41.9. The molecule has 0 aliphatic heterocycles. The maximum absolute atomic E-state index is 5.21. The molecule has 10 aromatic carbocycles. The van der Waals surface area contributed by atoms with Gasteiger partial charge < -0.3 is 4.57 Å². The van der Waals surface area contributed by atoms with E-state index in [4.69, 9.17) is 4.98 Å². The first kappa shape index (κ1) is 35.3. The number of pyridine rings is 1. The van der Waals surface area contributed by atoms with E-state index in [1.165, 1.54) is 105 Å². The monoisotopic (exact) mass is 810 g/mol. The van der Waals surface area contributed by atoms with Gasteiger partial charge in [-0.25, -0.2) is 4.98 Å². The molecule has 14 rings (SSSR count). The van der Waals surface area contributed by atoms with E-state index >= 15 is 0 Å². The van der Waals surface area contributed by atoms with Gasteiger partial charge in [0.1, 0.15) is 0 Å². The maximum atomic E-state index is 5.21. The highest BCUT2D eigenvalue weighted by Gasteiger charge is 2.46. The van der Waals surface area contributed by atoms with E-state index < -0.39 is 5.41 Å². The number of para-hydroxylation sites is 1. The van der Waals surface area contributed by atoms with Gasteiger partial charge in [0.05, 0.1) is 27.7 Å². The second-order valence-electron chi connectivity index (χ2n) is 17.4. The van der Waals surface area contributed by atoms with Crippen LogP contribution in [0.1, 0.15) is 22.3 Å². The van der Waals surface area contributed by atoms with E-state index in [9.17, 15) is 0 Å². The highest BCUT2D eigenvalue weighted by atomic mass is 15.0. The zero-order valence-corrected chi connectivity index (χ0v) is 34.8. The van der Waals surface area contributed by atoms with Crippen LogP contribution in [0.5, 0.6) is 0 Å². The average molecular weight is 811 g/mol. The molecule has 0 fully saturated rings. The largest absolute Gasteiger partial charge is 0.309 e. The Kier molecular flexibility index (Phi) is 7.35. The lowest BCUT2D eigenvalue weighted by Crippen LogP contribution is -2.28. The van der Waals surface area contributed by atoms with Gasteiger partial charge in [0.15, 0.2) is 0 Å². The van der Waals surface area contributed by atoms with Crippen LogP contribution in [0.2, 0.25) is 0 Å². The van der Waals surface area contributed by atoms with Crippen molar-refractivity contribution in [2.45, 2.75) is 5.41 Å². The molecule has 0 saturated carbocycles. The van der Waals surface area contributed by atoms with Crippen molar-refractivity contribution in [1.29, 1.82) is 0 Å². The van der Waals surface area contributed by atoms with Gasteiger partial charge in [-0.1, -0.05) is 176 Å². The molecule has 2 aliphatic carbocycles. The minimum atomic E-state index is -0.444. The first-order valence-corrected chi connectivity index (χ1v) is 22.2. The molecule has 12 aromatic rings. The summed E-state index contributed by atoms with van der Waals surface area (Å²) in [4.78, 5) is 5.21. The molecule has 0 amide bonds. The van der Waals surface area contributed by atoms with Crippen molar-refractivity contribution < 1.29 is 0 Å². The molecule has 0 N–H and O–H groups in total. The van der Waals surface area contributed by atoms with Gasteiger partial charge in [0.2, 0.25) is 0 Å². The second-order valence-corrected chi connectivity index (χ2v) is 17.4. The molecule has 2 aromatic heterocycles. The Morgan fingerprint density at radius 3 is 1.78 bits per heavy atom. The fraction of sp³-hybridized carbons (Fsp3) is 0.0161. The van der Waals surface area contributed by atoms with Crippen molar-refractivity contribution in [3.63, 3.8) is 0 Å². The molecular formula is C62H38N2. The predicted molar refractivity (Wildman–Crippen MR) is 266 cm³/mol. The molecule has 0 spiro atoms. The van der Waals surface area contributed by atoms with Crippen LogP contribution in [0.25, 0.3) is 105 Å². The van der Waals surface area contributed by atoms with Gasteiger partial charge in [-0.05, 0) is 132 Å². The van der Waals surface area contributed by atoms with E-state index in [-0.39, 0.29) is 0 Å². The quantitative estimate of drug-likeness (QED) is 0.169. The van der Waals surface area contributed by atoms with Crippen LogP contribution >= 0.6 is 0 Å². The third kappa shape index (κ3) is 4.88. The van der Waals surface area contributed by atoms with Crippen molar-refractivity contribution >= 4 is 43.5 Å². The molecule has 0 atom stereocenters. The summed E-state index contributed by atoms with van der Waals surface area (Å²) in [6.07, 6.45) is 0. The van der Waals surface area contributed by atoms with Crippen LogP contribution in [-0.2, 0) is 5.41 Å². The average Bonchev–Trinajstić information content (AvgIpc) is 3.98. The maximum Gasteiger partial charge on any atom is 0.0722 e. The van der Waals surface area contributed by atoms with Gasteiger partial charge in [0, 0.05) is 27.4 Å². The molecule has 2 nitrogen and oxygen atoms in total. The van der Waals surface area contributed by atoms with Gasteiger partial charge in [-0.3, -0.25) is 0 Å². The smallest absolute Gasteiger partial charge is 0.0722 e. The second kappa shape index (κ2) is 13.3. The lowest BCUT2D eigenvalue weighted by molar-refractivity contribution is 0.769. The molecule has 0 saturated heterocycles. The summed E-state index contributed by atoms with van der Waals surface area (Å²) in [5.41, 5.74) is 21.6. The van der Waals surface area contributed by atoms with Crippen LogP contribution in [0, 0.1) is 0 Å². The molecule has 2 heteroatoms. The summed E-state index contributed by atoms with van der Waals surface area (Å²) in [5.74, 6) is 0. The molecule has 0 unspecified atom stereocenters. The number of aromatic nitrogens is 2. The Balaban J connectivity index is 0.884. The number of nitrogens with zero attached hydrogens (tertiary/aromatic N) is 2. The summed E-state index contributed by atoms with van der Waals surface area (Å²) in [5, 5.41) is 6.12. The first-order chi connectivity index (χ1) is 31.7. The van der Waals surface area contributed by atoms with Gasteiger partial charge in [-0.2, -0.15) is 0 Å². The van der Waals surface area contributed by atoms with Crippen LogP contribution in [0.4, 0.5) is 0 Å². The van der Waals surface area contributed by atoms with E-state index in [0.717, 1.165) is 22.5 Å². The predicted octanol–water partition coefficient (Wildman–Crippen LogP) is 15.8. The van der Waals surface area contributed by atoms with Crippen LogP contribution in [0.3, 0.4) is 0 Å². The lowest BCUT2D eigenvalue weighted by Gasteiger charge is -2.34. The highest BCUT2D eigenvalue weighted by molar-refractivity contribution is 6.15. The molecule has 2 aliphatic rings. The highest BCUT2D eigenvalue weighted by Crippen LogP contribution is 2.57. The van der Waals surface area contributed by atoms with Gasteiger partial charge >= 0.3 is 0 Å². The Labute approximate surface area is 371 Å². The van der Waals surface area contributed by atoms with Crippen LogP contribution in [-0.4, -0.2) is 9.55 Å². The summed E-state index contributed by atoms with van der Waals surface area (Å²) >= 11 is 0. The van der Waals surface area contributed by atoms with Crippen molar-refractivity contribution in [1.82, 2.24) is 9.55 Å². The summed E-state index contributed by atoms with van der Waals surface area (Å²) in [7, 11) is 0. The Morgan fingerprint density at radius 1 is 0.344 bits per heavy atom. The van der Waals surface area contributed by atoms with E-state index in [1.54, 1.807) is 0 Å². The van der Waals surface area contributed by atoms with Crippen molar-refractivity contribution in [3.05, 3.63) is 253 Å². The van der Waals surface area contributed by atoms with Gasteiger partial charge in [-0.15, -0.1) is 0 Å². The molecule has 0 bridgehead atoms. The zero-order valence-electron chi connectivity index (χ0n) is 34.8. The SMILES string of the molecule is c1ccc(C2(c3ccccc3)c3ccccc3-c3ccc(-c4ccc5c(c4)c4ccccc4n5-c4ccc5cc(-c6cc7c8c(cccc8n6)-c6ccccc6-7)ccc5c4)cc32)cc1. The van der Waals surface area contributed by atoms with Crippen molar-refractivity contribution in [2.24, 2.45) is 0 Å². The molecule has 296 valence electrons. The van der Waals surface area contributed by atoms with E-state index in [1.807, 2.05) is 0 Å². The van der Waals surface area contributed by atoms with Crippen LogP contribution in [0.15, 0.2) is 231 Å². The molecule has 2 heterocycles. The summed E-state index contributed by atoms with van der Waals surface area (Å²) in [6.45, 7) is 0. The molecule has 64 heavy (non-hydrogen) atoms. The number of hydrogen-bond acceptors (Lipinski definition) is 1. The van der Waals surface area contributed by atoms with Crippen molar-refractivity contribution in [2.75, 3.05) is 0 Å². The first-order valence-electron chi connectivity index (χ1n) is 22.2. The normalized spacial score (nSPS) is 13.1. The van der Waals surface area contributed by atoms with E-state index in [0.29, 0.717) is 0 Å². The van der Waals surface area contributed by atoms with Gasteiger partial charge in [0.25, 0.3) is 0 Å². The fourth-order valence-corrected chi connectivity index (χ4v) is 11.4. The third-order valence-corrected chi connectivity index (χ3v) is 14.2. The Morgan fingerprint density at radius 2 is 0.953 bits per heavy atom. The minimum Gasteiger partial charge on any atom is -0.309 e. The molecule has 0 radical (unpaired) electrons.